The number of ether oxygens (including phenoxy) is 1. The SMILES string of the molecule is CC(=O)c1cc(Br)c(N)c(CN2CCOCC2)c1. The standard InChI is InChI=1S/C13H17BrN2O2/c1-9(17)10-6-11(13(15)12(14)7-10)8-16-2-4-18-5-3-16/h6-7H,2-5,8,15H2,1H3. The number of nitrogens with two attached hydrogens (primary N) is 1. The lowest BCUT2D eigenvalue weighted by atomic mass is 10.1. The summed E-state index contributed by atoms with van der Waals surface area (Å²) in [5.41, 5.74) is 8.46. The van der Waals surface area contributed by atoms with E-state index in [9.17, 15) is 4.79 Å². The van der Waals surface area contributed by atoms with Gasteiger partial charge in [-0.2, -0.15) is 0 Å². The second kappa shape index (κ2) is 5.82. The van der Waals surface area contributed by atoms with Crippen LogP contribution in [0, 0.1) is 0 Å². The molecule has 2 N–H and O–H groups in total. The van der Waals surface area contributed by atoms with Crippen molar-refractivity contribution in [2.24, 2.45) is 0 Å². The van der Waals surface area contributed by atoms with Gasteiger partial charge in [-0.05, 0) is 40.5 Å². The maximum absolute atomic E-state index is 11.5. The average Bonchev–Trinajstić information content (AvgIpc) is 2.35. The quantitative estimate of drug-likeness (QED) is 0.685. The van der Waals surface area contributed by atoms with Crippen molar-refractivity contribution in [1.29, 1.82) is 0 Å². The third-order valence-corrected chi connectivity index (χ3v) is 3.78. The molecule has 0 spiro atoms. The molecule has 1 aliphatic rings. The fourth-order valence-corrected chi connectivity index (χ4v) is 2.51. The summed E-state index contributed by atoms with van der Waals surface area (Å²) in [4.78, 5) is 13.7. The monoisotopic (exact) mass is 312 g/mol. The number of nitrogen functional groups attached to an aromatic ring is 1. The average molecular weight is 313 g/mol. The van der Waals surface area contributed by atoms with Crippen LogP contribution < -0.4 is 5.73 Å². The van der Waals surface area contributed by atoms with E-state index in [1.54, 1.807) is 13.0 Å². The molecule has 0 amide bonds. The Balaban J connectivity index is 2.22. The number of benzene rings is 1. The Morgan fingerprint density at radius 3 is 2.72 bits per heavy atom. The molecule has 0 unspecified atom stereocenters. The van der Waals surface area contributed by atoms with Gasteiger partial charge in [0.1, 0.15) is 0 Å². The van der Waals surface area contributed by atoms with E-state index >= 15 is 0 Å². The molecule has 18 heavy (non-hydrogen) atoms. The lowest BCUT2D eigenvalue weighted by Crippen LogP contribution is -2.35. The van der Waals surface area contributed by atoms with Crippen molar-refractivity contribution in [2.45, 2.75) is 13.5 Å². The van der Waals surface area contributed by atoms with Crippen molar-refractivity contribution >= 4 is 27.4 Å². The zero-order valence-corrected chi connectivity index (χ0v) is 12.0. The highest BCUT2D eigenvalue weighted by molar-refractivity contribution is 9.10. The van der Waals surface area contributed by atoms with Gasteiger partial charge in [0, 0.05) is 29.7 Å². The molecule has 2 rings (SSSR count). The van der Waals surface area contributed by atoms with Crippen LogP contribution in [0.3, 0.4) is 0 Å². The van der Waals surface area contributed by atoms with Gasteiger partial charge in [0.25, 0.3) is 0 Å². The van der Waals surface area contributed by atoms with Crippen LogP contribution in [0.2, 0.25) is 0 Å². The lowest BCUT2D eigenvalue weighted by molar-refractivity contribution is 0.0342. The van der Waals surface area contributed by atoms with Crippen molar-refractivity contribution in [3.63, 3.8) is 0 Å². The first-order valence-corrected chi connectivity index (χ1v) is 6.76. The molecule has 4 nitrogen and oxygen atoms in total. The van der Waals surface area contributed by atoms with Crippen LogP contribution in [0.15, 0.2) is 16.6 Å². The minimum absolute atomic E-state index is 0.0546. The van der Waals surface area contributed by atoms with Crippen LogP contribution in [-0.2, 0) is 11.3 Å². The molecule has 0 aromatic heterocycles. The number of ketones is 1. The van der Waals surface area contributed by atoms with Crippen molar-refractivity contribution in [2.75, 3.05) is 32.0 Å². The van der Waals surface area contributed by atoms with E-state index < -0.39 is 0 Å². The van der Waals surface area contributed by atoms with Crippen LogP contribution in [-0.4, -0.2) is 37.0 Å². The predicted molar refractivity (Wildman–Crippen MR) is 74.7 cm³/mol. The summed E-state index contributed by atoms with van der Waals surface area (Å²) in [7, 11) is 0. The Kier molecular flexibility index (Phi) is 4.37. The molecule has 1 aromatic carbocycles. The summed E-state index contributed by atoms with van der Waals surface area (Å²) in [5.74, 6) is 0.0546. The topological polar surface area (TPSA) is 55.6 Å². The summed E-state index contributed by atoms with van der Waals surface area (Å²) in [6.07, 6.45) is 0. The molecular formula is C13H17BrN2O2. The van der Waals surface area contributed by atoms with Crippen LogP contribution >= 0.6 is 15.9 Å². The second-order valence-corrected chi connectivity index (χ2v) is 5.33. The lowest BCUT2D eigenvalue weighted by Gasteiger charge is -2.27. The summed E-state index contributed by atoms with van der Waals surface area (Å²) in [6, 6.07) is 3.67. The van der Waals surface area contributed by atoms with Gasteiger partial charge in [0.05, 0.1) is 18.9 Å². The van der Waals surface area contributed by atoms with Crippen molar-refractivity contribution in [3.8, 4) is 0 Å². The minimum Gasteiger partial charge on any atom is -0.398 e. The van der Waals surface area contributed by atoms with E-state index in [0.29, 0.717) is 11.3 Å². The van der Waals surface area contributed by atoms with Crippen LogP contribution in [0.1, 0.15) is 22.8 Å². The number of hydrogen-bond donors (Lipinski definition) is 1. The normalized spacial score (nSPS) is 16.8. The molecular weight excluding hydrogens is 296 g/mol. The van der Waals surface area contributed by atoms with Crippen molar-refractivity contribution in [1.82, 2.24) is 4.90 Å². The first-order chi connectivity index (χ1) is 8.58. The van der Waals surface area contributed by atoms with Gasteiger partial charge in [-0.15, -0.1) is 0 Å². The van der Waals surface area contributed by atoms with E-state index in [1.165, 1.54) is 0 Å². The van der Waals surface area contributed by atoms with E-state index in [1.807, 2.05) is 6.07 Å². The zero-order chi connectivity index (χ0) is 13.1. The Bertz CT molecular complexity index is 457. The number of hydrogen-bond acceptors (Lipinski definition) is 4. The van der Waals surface area contributed by atoms with E-state index in [2.05, 4.69) is 20.8 Å². The van der Waals surface area contributed by atoms with Gasteiger partial charge in [0.15, 0.2) is 5.78 Å². The van der Waals surface area contributed by atoms with Crippen LogP contribution in [0.5, 0.6) is 0 Å². The number of carbonyl (C=O) groups excluding carboxylic acids is 1. The molecule has 0 bridgehead atoms. The predicted octanol–water partition coefficient (Wildman–Crippen LogP) is 2.07. The Morgan fingerprint density at radius 1 is 1.44 bits per heavy atom. The summed E-state index contributed by atoms with van der Waals surface area (Å²) >= 11 is 3.41. The molecule has 1 aliphatic heterocycles. The summed E-state index contributed by atoms with van der Waals surface area (Å²) < 4.78 is 6.11. The number of nitrogens with zero attached hydrogens (tertiary/aromatic N) is 1. The first-order valence-electron chi connectivity index (χ1n) is 5.97. The molecule has 1 saturated heterocycles. The number of anilines is 1. The van der Waals surface area contributed by atoms with Crippen molar-refractivity contribution < 1.29 is 9.53 Å². The first kappa shape index (κ1) is 13.5. The third kappa shape index (κ3) is 3.10. The number of Topliss-reactive ketones (excluding diaryl/α,β-unsaturated/α-hetero) is 1. The van der Waals surface area contributed by atoms with Crippen molar-refractivity contribution in [3.05, 3.63) is 27.7 Å². The molecule has 1 fully saturated rings. The molecule has 0 radical (unpaired) electrons. The minimum atomic E-state index is 0.0546. The Hall–Kier alpha value is -0.910. The smallest absolute Gasteiger partial charge is 0.159 e. The maximum atomic E-state index is 11.5. The Labute approximate surface area is 115 Å². The van der Waals surface area contributed by atoms with Gasteiger partial charge >= 0.3 is 0 Å². The Morgan fingerprint density at radius 2 is 2.11 bits per heavy atom. The van der Waals surface area contributed by atoms with Gasteiger partial charge in [-0.3, -0.25) is 9.69 Å². The fraction of sp³-hybridized carbons (Fsp3) is 0.462. The number of halogens is 1. The number of carbonyl (C=O) groups is 1. The molecule has 5 heteroatoms. The van der Waals surface area contributed by atoms with E-state index in [-0.39, 0.29) is 5.78 Å². The molecule has 0 aliphatic carbocycles. The number of rotatable bonds is 3. The maximum Gasteiger partial charge on any atom is 0.159 e. The van der Waals surface area contributed by atoms with Gasteiger partial charge in [-0.1, -0.05) is 0 Å². The summed E-state index contributed by atoms with van der Waals surface area (Å²) in [5, 5.41) is 0. The molecule has 0 saturated carbocycles. The van der Waals surface area contributed by atoms with Crippen LogP contribution in [0.4, 0.5) is 5.69 Å². The molecule has 98 valence electrons. The summed E-state index contributed by atoms with van der Waals surface area (Å²) in [6.45, 7) is 5.65. The highest BCUT2D eigenvalue weighted by atomic mass is 79.9. The highest BCUT2D eigenvalue weighted by Gasteiger charge is 2.15. The second-order valence-electron chi connectivity index (χ2n) is 4.48. The molecule has 1 aromatic rings. The van der Waals surface area contributed by atoms with Gasteiger partial charge < -0.3 is 10.5 Å². The number of morpholine rings is 1. The van der Waals surface area contributed by atoms with Crippen LogP contribution in [0.25, 0.3) is 0 Å². The zero-order valence-electron chi connectivity index (χ0n) is 10.4. The molecule has 0 atom stereocenters. The highest BCUT2D eigenvalue weighted by Crippen LogP contribution is 2.27. The van der Waals surface area contributed by atoms with E-state index in [4.69, 9.17) is 10.5 Å². The molecule has 1 heterocycles. The largest absolute Gasteiger partial charge is 0.398 e. The fourth-order valence-electron chi connectivity index (χ4n) is 2.01. The van der Waals surface area contributed by atoms with Gasteiger partial charge in [-0.25, -0.2) is 0 Å². The third-order valence-electron chi connectivity index (χ3n) is 3.12. The van der Waals surface area contributed by atoms with E-state index in [0.717, 1.165) is 42.9 Å². The van der Waals surface area contributed by atoms with Gasteiger partial charge in [0.2, 0.25) is 0 Å².